The minimum absolute atomic E-state index is 0.00742. The maximum Gasteiger partial charge on any atom is 0.314 e. The van der Waals surface area contributed by atoms with Crippen molar-refractivity contribution in [2.24, 2.45) is 0 Å². The molecule has 0 aliphatic heterocycles. The van der Waals surface area contributed by atoms with Crippen LogP contribution in [0.1, 0.15) is 23.6 Å². The van der Waals surface area contributed by atoms with Crippen molar-refractivity contribution in [1.29, 1.82) is 0 Å². The summed E-state index contributed by atoms with van der Waals surface area (Å²) in [5, 5.41) is 15.9. The van der Waals surface area contributed by atoms with Gasteiger partial charge in [0, 0.05) is 23.3 Å². The first kappa shape index (κ1) is 21.0. The second-order valence-corrected chi connectivity index (χ2v) is 7.54. The zero-order valence-corrected chi connectivity index (χ0v) is 17.5. The van der Waals surface area contributed by atoms with Gasteiger partial charge in [-0.2, -0.15) is 8.78 Å². The number of aromatic nitrogens is 6. The second kappa shape index (κ2) is 8.86. The number of pyridine rings is 1. The van der Waals surface area contributed by atoms with Gasteiger partial charge in [0.2, 0.25) is 5.89 Å². The highest BCUT2D eigenvalue weighted by molar-refractivity contribution is 6.31. The third-order valence-electron chi connectivity index (χ3n) is 4.40. The van der Waals surface area contributed by atoms with Crippen molar-refractivity contribution < 1.29 is 13.2 Å². The van der Waals surface area contributed by atoms with Gasteiger partial charge in [-0.05, 0) is 37.9 Å². The first-order valence-electron chi connectivity index (χ1n) is 9.29. The number of nitrogens with zero attached hydrogens (tertiary/aromatic N) is 7. The number of halogens is 3. The van der Waals surface area contributed by atoms with Crippen LogP contribution < -0.4 is 0 Å². The summed E-state index contributed by atoms with van der Waals surface area (Å²) in [6, 6.07) is 9.22. The highest BCUT2D eigenvalue weighted by Gasteiger charge is 2.17. The van der Waals surface area contributed by atoms with Crippen LogP contribution in [0.4, 0.5) is 8.78 Å². The van der Waals surface area contributed by atoms with Gasteiger partial charge in [-0.1, -0.05) is 28.9 Å². The molecule has 4 rings (SSSR count). The van der Waals surface area contributed by atoms with Crippen LogP contribution in [0.3, 0.4) is 0 Å². The fourth-order valence-corrected chi connectivity index (χ4v) is 3.17. The average molecular weight is 446 g/mol. The smallest absolute Gasteiger partial charge is 0.314 e. The highest BCUT2D eigenvalue weighted by atomic mass is 35.5. The van der Waals surface area contributed by atoms with Gasteiger partial charge in [-0.3, -0.25) is 4.98 Å². The largest absolute Gasteiger partial charge is 0.415 e. The van der Waals surface area contributed by atoms with E-state index in [1.807, 2.05) is 37.2 Å². The lowest BCUT2D eigenvalue weighted by atomic mass is 10.1. The molecule has 0 atom stereocenters. The summed E-state index contributed by atoms with van der Waals surface area (Å²) in [5.41, 5.74) is 3.76. The van der Waals surface area contributed by atoms with Crippen LogP contribution in [0, 0.1) is 0 Å². The Kier molecular flexibility index (Phi) is 6.01. The highest BCUT2D eigenvalue weighted by Crippen LogP contribution is 2.25. The second-order valence-electron chi connectivity index (χ2n) is 7.13. The van der Waals surface area contributed by atoms with E-state index < -0.39 is 12.3 Å². The lowest BCUT2D eigenvalue weighted by Crippen LogP contribution is -2.10. The van der Waals surface area contributed by atoms with E-state index in [0.717, 1.165) is 17.7 Å². The summed E-state index contributed by atoms with van der Waals surface area (Å²) in [7, 11) is 3.97. The van der Waals surface area contributed by atoms with Gasteiger partial charge in [0.05, 0.1) is 24.0 Å². The van der Waals surface area contributed by atoms with Gasteiger partial charge in [0.1, 0.15) is 5.69 Å². The molecule has 3 heterocycles. The van der Waals surface area contributed by atoms with Crippen molar-refractivity contribution in [3.05, 3.63) is 64.9 Å². The van der Waals surface area contributed by atoms with Crippen molar-refractivity contribution >= 4 is 11.6 Å². The molecule has 0 bridgehead atoms. The fourth-order valence-electron chi connectivity index (χ4n) is 2.93. The third-order valence-corrected chi connectivity index (χ3v) is 4.75. The third kappa shape index (κ3) is 4.92. The molecule has 0 radical (unpaired) electrons. The predicted molar refractivity (Wildman–Crippen MR) is 109 cm³/mol. The summed E-state index contributed by atoms with van der Waals surface area (Å²) in [6.45, 7) is 1.13. The summed E-state index contributed by atoms with van der Waals surface area (Å²) in [6.07, 6.45) is 0.480. The van der Waals surface area contributed by atoms with Crippen LogP contribution in [0.5, 0.6) is 0 Å². The minimum Gasteiger partial charge on any atom is -0.415 e. The van der Waals surface area contributed by atoms with E-state index in [4.69, 9.17) is 16.0 Å². The van der Waals surface area contributed by atoms with Crippen LogP contribution in [0.25, 0.3) is 22.7 Å². The zero-order valence-electron chi connectivity index (χ0n) is 16.7. The molecule has 0 spiro atoms. The van der Waals surface area contributed by atoms with Crippen molar-refractivity contribution in [3.8, 4) is 22.7 Å². The van der Waals surface area contributed by atoms with Crippen LogP contribution in [0.15, 0.2) is 47.1 Å². The molecule has 11 heteroatoms. The van der Waals surface area contributed by atoms with E-state index in [9.17, 15) is 8.78 Å². The molecule has 4 aromatic rings. The lowest BCUT2D eigenvalue weighted by molar-refractivity contribution is 0.116. The quantitative estimate of drug-likeness (QED) is 0.423. The minimum atomic E-state index is -2.81. The normalized spacial score (nSPS) is 11.6. The number of alkyl halides is 2. The molecular formula is C20H18ClF2N7O. The molecule has 0 saturated carbocycles. The molecule has 0 unspecified atom stereocenters. The standard InChI is InChI=1S/C20H18ClF2N7O/c1-29(2)9-14-4-3-12(7-16(14)21)17-11-30(28-25-17)10-15-6-5-13(8-24-15)19-26-27-20(31-19)18(22)23/h3-8,11,18H,9-10H2,1-2H3. The van der Waals surface area contributed by atoms with Gasteiger partial charge in [0.25, 0.3) is 5.89 Å². The number of rotatable bonds is 7. The number of hydrogen-bond acceptors (Lipinski definition) is 7. The van der Waals surface area contributed by atoms with E-state index >= 15 is 0 Å². The van der Waals surface area contributed by atoms with E-state index in [1.165, 1.54) is 6.20 Å². The zero-order chi connectivity index (χ0) is 22.0. The Hall–Kier alpha value is -3.24. The van der Waals surface area contributed by atoms with Crippen LogP contribution in [-0.2, 0) is 13.1 Å². The summed E-state index contributed by atoms with van der Waals surface area (Å²) < 4.78 is 31.7. The van der Waals surface area contributed by atoms with Crippen molar-refractivity contribution in [3.63, 3.8) is 0 Å². The maximum atomic E-state index is 12.6. The molecule has 31 heavy (non-hydrogen) atoms. The van der Waals surface area contributed by atoms with Crippen molar-refractivity contribution in [2.45, 2.75) is 19.5 Å². The van der Waals surface area contributed by atoms with E-state index in [1.54, 1.807) is 23.0 Å². The Morgan fingerprint density at radius 3 is 2.55 bits per heavy atom. The van der Waals surface area contributed by atoms with Gasteiger partial charge < -0.3 is 9.32 Å². The first-order chi connectivity index (χ1) is 14.9. The molecular weight excluding hydrogens is 428 g/mol. The topological polar surface area (TPSA) is 85.8 Å². The molecule has 0 fully saturated rings. The molecule has 0 amide bonds. The van der Waals surface area contributed by atoms with Gasteiger partial charge in [-0.15, -0.1) is 15.3 Å². The van der Waals surface area contributed by atoms with Gasteiger partial charge in [0.15, 0.2) is 0 Å². The maximum absolute atomic E-state index is 12.6. The van der Waals surface area contributed by atoms with Crippen LogP contribution in [-0.4, -0.2) is 49.2 Å². The Morgan fingerprint density at radius 1 is 1.10 bits per heavy atom. The molecule has 0 aliphatic rings. The predicted octanol–water partition coefficient (Wildman–Crippen LogP) is 4.09. The SMILES string of the molecule is CN(C)Cc1ccc(-c2cn(Cc3ccc(-c4nnc(C(F)F)o4)cn3)nn2)cc1Cl. The Bertz CT molecular complexity index is 1170. The van der Waals surface area contributed by atoms with Crippen molar-refractivity contribution in [1.82, 2.24) is 35.1 Å². The molecule has 3 aromatic heterocycles. The molecule has 8 nitrogen and oxygen atoms in total. The van der Waals surface area contributed by atoms with Crippen LogP contribution >= 0.6 is 11.6 Å². The van der Waals surface area contributed by atoms with E-state index in [0.29, 0.717) is 28.5 Å². The first-order valence-corrected chi connectivity index (χ1v) is 9.67. The lowest BCUT2D eigenvalue weighted by Gasteiger charge is -2.11. The average Bonchev–Trinajstić information content (AvgIpc) is 3.40. The Balaban J connectivity index is 1.46. The fraction of sp³-hybridized carbons (Fsp3) is 0.250. The molecule has 0 saturated heterocycles. The summed E-state index contributed by atoms with van der Waals surface area (Å²) in [5.74, 6) is -0.726. The Labute approximate surface area is 181 Å². The number of benzene rings is 1. The van der Waals surface area contributed by atoms with Crippen LogP contribution in [0.2, 0.25) is 5.02 Å². The summed E-state index contributed by atoms with van der Waals surface area (Å²) in [4.78, 5) is 6.36. The van der Waals surface area contributed by atoms with E-state index in [-0.39, 0.29) is 5.89 Å². The summed E-state index contributed by atoms with van der Waals surface area (Å²) >= 11 is 6.39. The van der Waals surface area contributed by atoms with E-state index in [2.05, 4.69) is 25.5 Å². The molecule has 1 aromatic carbocycles. The van der Waals surface area contributed by atoms with Gasteiger partial charge in [-0.25, -0.2) is 4.68 Å². The monoisotopic (exact) mass is 445 g/mol. The molecule has 160 valence electrons. The van der Waals surface area contributed by atoms with Crippen molar-refractivity contribution in [2.75, 3.05) is 14.1 Å². The molecule has 0 aliphatic carbocycles. The van der Waals surface area contributed by atoms with Gasteiger partial charge >= 0.3 is 6.43 Å². The Morgan fingerprint density at radius 2 is 1.90 bits per heavy atom. The number of hydrogen-bond donors (Lipinski definition) is 0. The molecule has 0 N–H and O–H groups in total.